The first-order chi connectivity index (χ1) is 27.5. The fraction of sp³-hybridized carbons (Fsp3) is 0.756. The molecule has 1 fully saturated rings. The van der Waals surface area contributed by atoms with Crippen LogP contribution in [0.5, 0.6) is 0 Å². The average Bonchev–Trinajstić information content (AvgIpc) is 4.02. The Labute approximate surface area is 347 Å². The summed E-state index contributed by atoms with van der Waals surface area (Å²) in [6.45, 7) is 11.8. The number of carbonyl (C=O) groups is 3. The Morgan fingerprint density at radius 1 is 1.03 bits per heavy atom. The zero-order valence-electron chi connectivity index (χ0n) is 36.8. The molecule has 2 unspecified atom stereocenters. The van der Waals surface area contributed by atoms with Crippen molar-refractivity contribution in [3.63, 3.8) is 0 Å². The third-order valence-electron chi connectivity index (χ3n) is 12.6. The van der Waals surface area contributed by atoms with E-state index in [4.69, 9.17) is 33.2 Å². The lowest BCUT2D eigenvalue weighted by Gasteiger charge is -2.39. The summed E-state index contributed by atoms with van der Waals surface area (Å²) in [5, 5.41) is 22.7. The quantitative estimate of drug-likeness (QED) is 0.0888. The van der Waals surface area contributed by atoms with Gasteiger partial charge in [-0.2, -0.15) is 0 Å². The zero-order chi connectivity index (χ0) is 43.2. The molecule has 15 atom stereocenters. The Kier molecular flexibility index (Phi) is 20.4. The maximum Gasteiger partial charge on any atom is 0.331 e. The third kappa shape index (κ3) is 13.9. The highest BCUT2D eigenvalue weighted by Gasteiger charge is 2.59. The number of carbonyl (C=O) groups excluding carboxylic acids is 3. The topological polar surface area (TPSA) is 163 Å². The predicted molar refractivity (Wildman–Crippen MR) is 221 cm³/mol. The number of allylic oxidation sites excluding steroid dienone is 2. The van der Waals surface area contributed by atoms with Crippen molar-refractivity contribution < 1.29 is 57.8 Å². The van der Waals surface area contributed by atoms with E-state index in [9.17, 15) is 24.6 Å². The molecular weight excluding hydrogens is 746 g/mol. The van der Waals surface area contributed by atoms with Gasteiger partial charge >= 0.3 is 5.97 Å². The monoisotopic (exact) mass is 820 g/mol. The first-order valence-electron chi connectivity index (χ1n) is 20.9. The van der Waals surface area contributed by atoms with E-state index in [0.29, 0.717) is 51.5 Å². The molecule has 13 heteroatoms. The molecule has 1 saturated heterocycles. The smallest absolute Gasteiger partial charge is 0.331 e. The Morgan fingerprint density at radius 2 is 1.71 bits per heavy atom. The largest absolute Gasteiger partial charge is 0.458 e. The van der Waals surface area contributed by atoms with Gasteiger partial charge in [-0.05, 0) is 32.1 Å². The van der Waals surface area contributed by atoms with Crippen LogP contribution in [0, 0.1) is 29.6 Å². The second kappa shape index (κ2) is 23.9. The Morgan fingerprint density at radius 3 is 2.31 bits per heavy atom. The van der Waals surface area contributed by atoms with Gasteiger partial charge in [0, 0.05) is 97.1 Å². The van der Waals surface area contributed by atoms with Crippen LogP contribution in [0.2, 0.25) is 0 Å². The Balaban J connectivity index is 1.86. The van der Waals surface area contributed by atoms with Crippen molar-refractivity contribution in [2.24, 2.45) is 29.6 Å². The number of amides is 1. The molecule has 0 radical (unpaired) electrons. The number of fused-ring (bicyclic) bond motifs is 2. The maximum atomic E-state index is 13.5. The highest BCUT2D eigenvalue weighted by molar-refractivity contribution is 5.82. The molecule has 0 aromatic heterocycles. The van der Waals surface area contributed by atoms with Gasteiger partial charge in [-0.25, -0.2) is 4.79 Å². The first-order valence-corrected chi connectivity index (χ1v) is 20.9. The number of esters is 1. The Hall–Kier alpha value is -2.75. The summed E-state index contributed by atoms with van der Waals surface area (Å²) in [7, 11) is 8.13. The molecule has 3 rings (SSSR count). The lowest BCUT2D eigenvalue weighted by Crippen LogP contribution is -2.50. The van der Waals surface area contributed by atoms with Crippen LogP contribution >= 0.6 is 0 Å². The van der Waals surface area contributed by atoms with Crippen LogP contribution in [0.25, 0.3) is 0 Å². The molecule has 1 amide bonds. The minimum atomic E-state index is -0.931. The van der Waals surface area contributed by atoms with Gasteiger partial charge in [0.1, 0.15) is 17.5 Å². The van der Waals surface area contributed by atoms with Crippen molar-refractivity contribution >= 4 is 18.2 Å². The predicted octanol–water partition coefficient (Wildman–Crippen LogP) is 5.37. The third-order valence-corrected chi connectivity index (χ3v) is 12.6. The van der Waals surface area contributed by atoms with Gasteiger partial charge in [0.15, 0.2) is 0 Å². The number of hydrogen-bond donors (Lipinski definition) is 2. The molecule has 3 heterocycles. The molecule has 2 N–H and O–H groups in total. The SMILES string of the molecule is CO[C@H]([C@H](C)/C=C/N(C)C=O)[C@@H](C)C(=O)CC[C@@H](C)[C@H](O)[C@H](C)C1OC(=O)/C=C\C(C)=C/C[C@H](O)C[C@@H]2C=CC[C@@H](C[C@@H](OC)C3(CO3)[C@@H](OC)C[C@@H](OC)[C@@H]1C)O2. The summed E-state index contributed by atoms with van der Waals surface area (Å²) in [6.07, 6.45) is 11.9. The molecule has 0 aromatic rings. The summed E-state index contributed by atoms with van der Waals surface area (Å²) in [5.41, 5.74) is 0.0428. The lowest BCUT2D eigenvalue weighted by atomic mass is 9.78. The highest BCUT2D eigenvalue weighted by Crippen LogP contribution is 2.43. The fourth-order valence-electron chi connectivity index (χ4n) is 8.63. The molecule has 3 aliphatic rings. The Bertz CT molecular complexity index is 1410. The van der Waals surface area contributed by atoms with Crippen LogP contribution in [0.1, 0.15) is 86.5 Å². The number of rotatable bonds is 16. The average molecular weight is 820 g/mol. The van der Waals surface area contributed by atoms with E-state index in [1.807, 2.05) is 59.8 Å². The number of ether oxygens (including phenoxy) is 7. The molecule has 2 bridgehead atoms. The second-order valence-corrected chi connectivity index (χ2v) is 16.9. The van der Waals surface area contributed by atoms with Gasteiger partial charge in [-0.1, -0.05) is 70.6 Å². The van der Waals surface area contributed by atoms with E-state index < -0.39 is 65.9 Å². The molecule has 58 heavy (non-hydrogen) atoms. The molecule has 0 aliphatic carbocycles. The van der Waals surface area contributed by atoms with Gasteiger partial charge in [-0.3, -0.25) is 9.59 Å². The van der Waals surface area contributed by atoms with Crippen molar-refractivity contribution in [2.75, 3.05) is 42.1 Å². The summed E-state index contributed by atoms with van der Waals surface area (Å²) in [6, 6.07) is 0. The highest BCUT2D eigenvalue weighted by atomic mass is 16.6. The summed E-state index contributed by atoms with van der Waals surface area (Å²) in [5.74, 6) is -2.39. The van der Waals surface area contributed by atoms with E-state index >= 15 is 0 Å². The first kappa shape index (κ1) is 49.6. The molecule has 0 saturated carbocycles. The minimum absolute atomic E-state index is 0.00734. The van der Waals surface area contributed by atoms with Crippen LogP contribution in [0.4, 0.5) is 0 Å². The van der Waals surface area contributed by atoms with Crippen molar-refractivity contribution in [3.8, 4) is 0 Å². The number of Topliss-reactive ketones (excluding diaryl/α,β-unsaturated/α-hetero) is 1. The number of hydrogen-bond acceptors (Lipinski definition) is 12. The van der Waals surface area contributed by atoms with E-state index in [0.717, 1.165) is 5.57 Å². The summed E-state index contributed by atoms with van der Waals surface area (Å²) in [4.78, 5) is 39.4. The van der Waals surface area contributed by atoms with Crippen LogP contribution in [0.15, 0.2) is 48.2 Å². The van der Waals surface area contributed by atoms with Crippen molar-refractivity contribution in [1.82, 2.24) is 4.90 Å². The van der Waals surface area contributed by atoms with Crippen molar-refractivity contribution in [1.29, 1.82) is 0 Å². The molecule has 3 aliphatic heterocycles. The summed E-state index contributed by atoms with van der Waals surface area (Å²) >= 11 is 0. The van der Waals surface area contributed by atoms with Crippen LogP contribution < -0.4 is 0 Å². The molecular formula is C45H73NO12. The van der Waals surface area contributed by atoms with Crippen LogP contribution in [0.3, 0.4) is 0 Å². The van der Waals surface area contributed by atoms with Crippen LogP contribution in [-0.4, -0.2) is 136 Å². The second-order valence-electron chi connectivity index (χ2n) is 16.9. The van der Waals surface area contributed by atoms with Crippen molar-refractivity contribution in [3.05, 3.63) is 48.2 Å². The molecule has 330 valence electrons. The minimum Gasteiger partial charge on any atom is -0.458 e. The van der Waals surface area contributed by atoms with E-state index in [2.05, 4.69) is 6.08 Å². The van der Waals surface area contributed by atoms with E-state index in [-0.39, 0.29) is 42.4 Å². The maximum absolute atomic E-state index is 13.5. The number of aliphatic hydroxyl groups is 2. The zero-order valence-corrected chi connectivity index (χ0v) is 36.8. The van der Waals surface area contributed by atoms with E-state index in [1.165, 1.54) is 11.0 Å². The van der Waals surface area contributed by atoms with Gasteiger partial charge in [-0.15, -0.1) is 0 Å². The lowest BCUT2D eigenvalue weighted by molar-refractivity contribution is -0.159. The van der Waals surface area contributed by atoms with Crippen LogP contribution in [-0.2, 0) is 47.5 Å². The standard InChI is InChI=1S/C45H73NO12/c1-28-15-18-34(48)23-35-13-12-14-36(57-35)24-39(53-9)45(26-56-45)40(54-10)25-38(52-8)32(5)44(58-41(50)20-16-28)33(6)42(51)29(2)17-19-37(49)31(4)43(55-11)30(3)21-22-46(7)27-47/h12-13,15-16,20-22,27,29-36,38-40,42-44,48,51H,14,17-19,23-26H2,1-11H3/b20-16-,22-21+,28-15-/t29-,30-,31+,32+,33+,34+,35+,36+,38-,39-,40+,42+,43-,44?,45?/m1/s1. The van der Waals surface area contributed by atoms with Gasteiger partial charge in [0.2, 0.25) is 6.41 Å². The van der Waals surface area contributed by atoms with Gasteiger partial charge in [0.05, 0.1) is 55.4 Å². The van der Waals surface area contributed by atoms with Crippen molar-refractivity contribution in [2.45, 2.75) is 147 Å². The number of methoxy groups -OCH3 is 4. The number of ketones is 1. The molecule has 13 nitrogen and oxygen atoms in total. The number of epoxide rings is 1. The summed E-state index contributed by atoms with van der Waals surface area (Å²) < 4.78 is 42.8. The normalized spacial score (nSPS) is 34.8. The van der Waals surface area contributed by atoms with Gasteiger partial charge < -0.3 is 48.3 Å². The molecule has 0 aromatic carbocycles. The number of aliphatic hydroxyl groups excluding tert-OH is 2. The fourth-order valence-corrected chi connectivity index (χ4v) is 8.63. The number of cyclic esters (lactones) is 1. The number of nitrogens with zero attached hydrogens (tertiary/aromatic N) is 1. The van der Waals surface area contributed by atoms with Gasteiger partial charge in [0.25, 0.3) is 0 Å². The van der Waals surface area contributed by atoms with E-state index in [1.54, 1.807) is 47.8 Å². The molecule has 1 spiro atoms.